The quantitative estimate of drug-likeness (QED) is 0.0273. The molecule has 1 aliphatic rings. The summed E-state index contributed by atoms with van der Waals surface area (Å²) in [5, 5.41) is 40.0. The first-order chi connectivity index (χ1) is 26.3. The van der Waals surface area contributed by atoms with Gasteiger partial charge in [0.1, 0.15) is 31.0 Å². The van der Waals surface area contributed by atoms with Gasteiger partial charge in [-0.05, 0) is 38.5 Å². The lowest BCUT2D eigenvalue weighted by molar-refractivity contribution is -0.305. The van der Waals surface area contributed by atoms with Gasteiger partial charge in [-0.25, -0.2) is 0 Å². The van der Waals surface area contributed by atoms with Crippen LogP contribution < -0.4 is 0 Å². The lowest BCUT2D eigenvalue weighted by Gasteiger charge is -2.39. The second kappa shape index (κ2) is 35.8. The number of esters is 2. The van der Waals surface area contributed by atoms with Crippen LogP contribution in [0.15, 0.2) is 12.2 Å². The first-order valence-corrected chi connectivity index (χ1v) is 22.3. The summed E-state index contributed by atoms with van der Waals surface area (Å²) in [7, 11) is 0. The summed E-state index contributed by atoms with van der Waals surface area (Å²) >= 11 is 0. The molecule has 1 saturated heterocycles. The van der Waals surface area contributed by atoms with Gasteiger partial charge in [0.05, 0.1) is 13.2 Å². The molecule has 4 N–H and O–H groups in total. The van der Waals surface area contributed by atoms with Crippen LogP contribution in [0.1, 0.15) is 200 Å². The highest BCUT2D eigenvalue weighted by molar-refractivity contribution is 5.70. The van der Waals surface area contributed by atoms with Gasteiger partial charge in [0.15, 0.2) is 12.4 Å². The zero-order valence-corrected chi connectivity index (χ0v) is 34.5. The minimum Gasteiger partial charge on any atom is -0.462 e. The van der Waals surface area contributed by atoms with Crippen molar-refractivity contribution in [3.63, 3.8) is 0 Å². The third-order valence-electron chi connectivity index (χ3n) is 10.4. The third kappa shape index (κ3) is 27.1. The number of hydrogen-bond donors (Lipinski definition) is 4. The molecule has 2 unspecified atom stereocenters. The Kier molecular flexibility index (Phi) is 33.5. The van der Waals surface area contributed by atoms with Crippen LogP contribution in [0.2, 0.25) is 0 Å². The number of carbonyl (C=O) groups is 2. The Morgan fingerprint density at radius 3 is 1.44 bits per heavy atom. The predicted octanol–water partition coefficient (Wildman–Crippen LogP) is 9.17. The van der Waals surface area contributed by atoms with Crippen molar-refractivity contribution in [2.75, 3.05) is 19.8 Å². The molecular weight excluding hydrogens is 688 g/mol. The van der Waals surface area contributed by atoms with E-state index in [0.29, 0.717) is 6.42 Å². The van der Waals surface area contributed by atoms with Crippen molar-refractivity contribution < 1.29 is 49.0 Å². The molecule has 1 fully saturated rings. The maximum Gasteiger partial charge on any atom is 0.306 e. The van der Waals surface area contributed by atoms with Crippen LogP contribution in [-0.4, -0.2) is 89.0 Å². The van der Waals surface area contributed by atoms with E-state index in [2.05, 4.69) is 26.0 Å². The van der Waals surface area contributed by atoms with Gasteiger partial charge in [-0.15, -0.1) is 0 Å². The smallest absolute Gasteiger partial charge is 0.306 e. The first kappa shape index (κ1) is 50.5. The molecule has 0 amide bonds. The van der Waals surface area contributed by atoms with E-state index in [9.17, 15) is 30.0 Å². The molecule has 0 spiro atoms. The normalized spacial score (nSPS) is 20.7. The summed E-state index contributed by atoms with van der Waals surface area (Å²) in [5.41, 5.74) is 0. The molecule has 10 nitrogen and oxygen atoms in total. The Morgan fingerprint density at radius 1 is 0.556 bits per heavy atom. The van der Waals surface area contributed by atoms with Gasteiger partial charge in [0.2, 0.25) is 0 Å². The molecule has 10 heteroatoms. The highest BCUT2D eigenvalue weighted by atomic mass is 16.7. The monoisotopic (exact) mass is 771 g/mol. The first-order valence-electron chi connectivity index (χ1n) is 22.3. The standard InChI is InChI=1S/C44H82O10/c1-3-5-7-9-11-13-15-17-19-21-23-25-27-29-31-33-40(47)53-37(36-52-44-43(50)42(49)41(48)38(34-45)54-44)35-51-39(46)32-30-28-26-24-22-20-18-16-14-12-10-8-6-4-2/h16,18,37-38,41-45,48-50H,3-15,17,19-36H2,1-2H3/b18-16+/t37-,38-,41+,42?,43?,44-/m1/s1. The van der Waals surface area contributed by atoms with Gasteiger partial charge >= 0.3 is 11.9 Å². The fraction of sp³-hybridized carbons (Fsp3) is 0.909. The number of allylic oxidation sites excluding steroid dienone is 2. The van der Waals surface area contributed by atoms with Crippen LogP contribution in [0.3, 0.4) is 0 Å². The highest BCUT2D eigenvalue weighted by Crippen LogP contribution is 2.23. The number of carbonyl (C=O) groups excluding carboxylic acids is 2. The second-order valence-electron chi connectivity index (χ2n) is 15.5. The van der Waals surface area contributed by atoms with Crippen molar-refractivity contribution >= 4 is 11.9 Å². The number of ether oxygens (including phenoxy) is 4. The third-order valence-corrected chi connectivity index (χ3v) is 10.4. The van der Waals surface area contributed by atoms with Gasteiger partial charge in [0.25, 0.3) is 0 Å². The molecule has 0 aromatic heterocycles. The van der Waals surface area contributed by atoms with Gasteiger partial charge in [-0.3, -0.25) is 9.59 Å². The van der Waals surface area contributed by atoms with E-state index in [0.717, 1.165) is 57.8 Å². The molecular formula is C44H82O10. The fourth-order valence-corrected chi connectivity index (χ4v) is 6.83. The number of aliphatic hydroxyl groups is 4. The average Bonchev–Trinajstić information content (AvgIpc) is 3.17. The van der Waals surface area contributed by atoms with E-state index >= 15 is 0 Å². The molecule has 0 saturated carbocycles. The molecule has 0 aromatic rings. The van der Waals surface area contributed by atoms with E-state index in [4.69, 9.17) is 18.9 Å². The molecule has 1 aliphatic heterocycles. The Morgan fingerprint density at radius 2 is 0.981 bits per heavy atom. The van der Waals surface area contributed by atoms with Crippen LogP contribution in [0.4, 0.5) is 0 Å². The lowest BCUT2D eigenvalue weighted by Crippen LogP contribution is -2.59. The highest BCUT2D eigenvalue weighted by Gasteiger charge is 2.44. The van der Waals surface area contributed by atoms with Crippen LogP contribution in [0.25, 0.3) is 0 Å². The van der Waals surface area contributed by atoms with Crippen molar-refractivity contribution in [1.29, 1.82) is 0 Å². The largest absolute Gasteiger partial charge is 0.462 e. The molecule has 0 aliphatic carbocycles. The minimum absolute atomic E-state index is 0.216. The maximum absolute atomic E-state index is 12.8. The van der Waals surface area contributed by atoms with Crippen LogP contribution in [0, 0.1) is 0 Å². The number of unbranched alkanes of at least 4 members (excludes halogenated alkanes) is 24. The molecule has 1 rings (SSSR count). The number of rotatable bonds is 37. The number of hydrogen-bond acceptors (Lipinski definition) is 10. The van der Waals surface area contributed by atoms with E-state index in [1.165, 1.54) is 109 Å². The topological polar surface area (TPSA) is 152 Å². The Labute approximate surface area is 329 Å². The number of aliphatic hydroxyl groups excluding tert-OH is 4. The SMILES string of the molecule is CCCCCCC/C=C/CCCCCCCC(=O)OC[C@H](CO[C@@H]1O[C@H](CO)[C@H](O)C(O)C1O)OC(=O)CCCCCCCCCCCCCCCCC. The minimum atomic E-state index is -1.59. The molecule has 0 aromatic carbocycles. The maximum atomic E-state index is 12.8. The zero-order chi connectivity index (χ0) is 39.5. The lowest BCUT2D eigenvalue weighted by atomic mass is 9.99. The summed E-state index contributed by atoms with van der Waals surface area (Å²) in [6, 6.07) is 0. The van der Waals surface area contributed by atoms with E-state index in [-0.39, 0.29) is 32.0 Å². The van der Waals surface area contributed by atoms with Gasteiger partial charge < -0.3 is 39.4 Å². The van der Waals surface area contributed by atoms with Crippen molar-refractivity contribution in [2.24, 2.45) is 0 Å². The summed E-state index contributed by atoms with van der Waals surface area (Å²) in [5.74, 6) is -0.807. The van der Waals surface area contributed by atoms with Crippen molar-refractivity contribution in [1.82, 2.24) is 0 Å². The van der Waals surface area contributed by atoms with Crippen LogP contribution >= 0.6 is 0 Å². The summed E-state index contributed by atoms with van der Waals surface area (Å²) in [6.45, 7) is 3.42. The van der Waals surface area contributed by atoms with E-state index in [1.54, 1.807) is 0 Å². The van der Waals surface area contributed by atoms with E-state index < -0.39 is 49.4 Å². The Hall–Kier alpha value is -1.56. The van der Waals surface area contributed by atoms with Gasteiger partial charge in [-0.2, -0.15) is 0 Å². The Bertz CT molecular complexity index is 897. The summed E-state index contributed by atoms with van der Waals surface area (Å²) in [6.07, 6.45) is 29.3. The molecule has 6 atom stereocenters. The molecule has 0 radical (unpaired) electrons. The van der Waals surface area contributed by atoms with Crippen molar-refractivity contribution in [2.45, 2.75) is 237 Å². The van der Waals surface area contributed by atoms with Crippen molar-refractivity contribution in [3.8, 4) is 0 Å². The molecule has 1 heterocycles. The molecule has 54 heavy (non-hydrogen) atoms. The van der Waals surface area contributed by atoms with Crippen molar-refractivity contribution in [3.05, 3.63) is 12.2 Å². The Balaban J connectivity index is 2.33. The van der Waals surface area contributed by atoms with Crippen LogP contribution in [0.5, 0.6) is 0 Å². The second-order valence-corrected chi connectivity index (χ2v) is 15.5. The van der Waals surface area contributed by atoms with Gasteiger partial charge in [0, 0.05) is 12.8 Å². The summed E-state index contributed by atoms with van der Waals surface area (Å²) < 4.78 is 22.1. The predicted molar refractivity (Wildman–Crippen MR) is 215 cm³/mol. The fourth-order valence-electron chi connectivity index (χ4n) is 6.83. The molecule has 318 valence electrons. The zero-order valence-electron chi connectivity index (χ0n) is 34.5. The average molecular weight is 771 g/mol. The van der Waals surface area contributed by atoms with Crippen LogP contribution in [-0.2, 0) is 28.5 Å². The summed E-state index contributed by atoms with van der Waals surface area (Å²) in [4.78, 5) is 25.3. The molecule has 0 bridgehead atoms. The van der Waals surface area contributed by atoms with Gasteiger partial charge in [-0.1, -0.05) is 161 Å². The van der Waals surface area contributed by atoms with E-state index in [1.807, 2.05) is 0 Å².